The summed E-state index contributed by atoms with van der Waals surface area (Å²) in [5.74, 6) is -1.15. The van der Waals surface area contributed by atoms with Crippen molar-refractivity contribution < 1.29 is 9.90 Å². The normalized spacial score (nSPS) is 28.3. The van der Waals surface area contributed by atoms with E-state index >= 15 is 0 Å². The van der Waals surface area contributed by atoms with Crippen molar-refractivity contribution in [1.82, 2.24) is 4.90 Å². The van der Waals surface area contributed by atoms with Gasteiger partial charge in [0.2, 0.25) is 5.91 Å². The van der Waals surface area contributed by atoms with Crippen LogP contribution in [0.3, 0.4) is 0 Å². The van der Waals surface area contributed by atoms with Crippen LogP contribution in [0.15, 0.2) is 0 Å². The highest BCUT2D eigenvalue weighted by Crippen LogP contribution is 2.35. The number of rotatable bonds is 2. The van der Waals surface area contributed by atoms with Crippen LogP contribution in [0.1, 0.15) is 41.0 Å². The average molecular weight is 238 g/mol. The predicted molar refractivity (Wildman–Crippen MR) is 65.0 cm³/mol. The van der Waals surface area contributed by atoms with Gasteiger partial charge in [0.1, 0.15) is 6.10 Å². The lowest BCUT2D eigenvalue weighted by Gasteiger charge is -2.35. The van der Waals surface area contributed by atoms with Gasteiger partial charge in [0, 0.05) is 6.54 Å². The summed E-state index contributed by atoms with van der Waals surface area (Å²) in [6, 6.07) is 1.90. The summed E-state index contributed by atoms with van der Waals surface area (Å²) in [5, 5.41) is 18.9. The molecular formula is C13H22N2O2. The van der Waals surface area contributed by atoms with Gasteiger partial charge >= 0.3 is 0 Å². The Hall–Kier alpha value is -1.08. The highest BCUT2D eigenvalue weighted by Gasteiger charge is 2.52. The van der Waals surface area contributed by atoms with Gasteiger partial charge in [0.15, 0.2) is 5.92 Å². The number of amides is 1. The predicted octanol–water partition coefficient (Wildman–Crippen LogP) is 1.54. The molecule has 1 aliphatic heterocycles. The Balaban J connectivity index is 2.85. The molecule has 1 amide bonds. The maximum atomic E-state index is 12.0. The quantitative estimate of drug-likeness (QED) is 0.793. The Morgan fingerprint density at radius 1 is 1.47 bits per heavy atom. The van der Waals surface area contributed by atoms with Crippen molar-refractivity contribution in [3.8, 4) is 6.07 Å². The average Bonchev–Trinajstić information content (AvgIpc) is 2.31. The van der Waals surface area contributed by atoms with Crippen molar-refractivity contribution in [2.75, 3.05) is 6.54 Å². The number of carbonyl (C=O) groups excluding carboxylic acids is 1. The van der Waals surface area contributed by atoms with Gasteiger partial charge in [-0.3, -0.25) is 4.79 Å². The molecule has 1 saturated heterocycles. The summed E-state index contributed by atoms with van der Waals surface area (Å²) in [7, 11) is 0. The first-order chi connectivity index (χ1) is 7.61. The summed E-state index contributed by atoms with van der Waals surface area (Å²) in [4.78, 5) is 13.7. The van der Waals surface area contributed by atoms with E-state index < -0.39 is 17.6 Å². The highest BCUT2D eigenvalue weighted by molar-refractivity contribution is 5.85. The number of carbonyl (C=O) groups is 1. The van der Waals surface area contributed by atoms with Crippen molar-refractivity contribution in [3.63, 3.8) is 0 Å². The summed E-state index contributed by atoms with van der Waals surface area (Å²) in [5.41, 5.74) is -0.519. The molecule has 96 valence electrons. The number of hydrogen-bond donors (Lipinski definition) is 1. The number of aliphatic hydroxyl groups excluding tert-OH is 1. The summed E-state index contributed by atoms with van der Waals surface area (Å²) in [6.07, 6.45) is -0.0486. The van der Waals surface area contributed by atoms with Crippen molar-refractivity contribution >= 4 is 5.91 Å². The van der Waals surface area contributed by atoms with Crippen LogP contribution in [-0.4, -0.2) is 34.1 Å². The lowest BCUT2D eigenvalue weighted by Crippen LogP contribution is -2.47. The van der Waals surface area contributed by atoms with Gasteiger partial charge < -0.3 is 10.0 Å². The van der Waals surface area contributed by atoms with E-state index in [1.807, 2.05) is 19.9 Å². The van der Waals surface area contributed by atoms with Crippen LogP contribution < -0.4 is 0 Å². The lowest BCUT2D eigenvalue weighted by molar-refractivity contribution is -0.132. The second-order valence-corrected chi connectivity index (χ2v) is 6.51. The zero-order chi connectivity index (χ0) is 13.4. The number of aliphatic hydroxyl groups is 1. The number of likely N-dealkylation sites (tertiary alicyclic amines) is 1. The number of nitriles is 1. The molecule has 17 heavy (non-hydrogen) atoms. The van der Waals surface area contributed by atoms with E-state index in [1.54, 1.807) is 4.90 Å². The molecule has 2 atom stereocenters. The van der Waals surface area contributed by atoms with E-state index in [4.69, 9.17) is 5.26 Å². The van der Waals surface area contributed by atoms with E-state index in [9.17, 15) is 9.90 Å². The van der Waals surface area contributed by atoms with Gasteiger partial charge in [-0.15, -0.1) is 0 Å². The Bertz CT molecular complexity index is 349. The summed E-state index contributed by atoms with van der Waals surface area (Å²) in [6.45, 7) is 10.5. The molecule has 2 unspecified atom stereocenters. The zero-order valence-electron chi connectivity index (χ0n) is 11.3. The molecule has 0 bridgehead atoms. The summed E-state index contributed by atoms with van der Waals surface area (Å²) < 4.78 is 0. The molecule has 0 aromatic carbocycles. The molecule has 1 aliphatic rings. The molecule has 1 N–H and O–H groups in total. The van der Waals surface area contributed by atoms with Crippen LogP contribution in [0, 0.1) is 22.7 Å². The van der Waals surface area contributed by atoms with E-state index in [0.29, 0.717) is 6.54 Å². The molecule has 1 fully saturated rings. The Morgan fingerprint density at radius 3 is 2.35 bits per heavy atom. The van der Waals surface area contributed by atoms with Crippen LogP contribution in [-0.2, 0) is 4.79 Å². The fraction of sp³-hybridized carbons (Fsp3) is 0.846. The van der Waals surface area contributed by atoms with Crippen molar-refractivity contribution in [1.29, 1.82) is 5.26 Å². The van der Waals surface area contributed by atoms with Gasteiger partial charge in [-0.25, -0.2) is 0 Å². The molecule has 0 aromatic heterocycles. The van der Waals surface area contributed by atoms with E-state index in [-0.39, 0.29) is 11.3 Å². The first-order valence-corrected chi connectivity index (χ1v) is 6.00. The Morgan fingerprint density at radius 2 is 2.00 bits per heavy atom. The molecule has 4 heteroatoms. The minimum atomic E-state index is -0.912. The topological polar surface area (TPSA) is 64.3 Å². The van der Waals surface area contributed by atoms with E-state index in [1.165, 1.54) is 0 Å². The van der Waals surface area contributed by atoms with Crippen molar-refractivity contribution in [2.24, 2.45) is 11.3 Å². The first-order valence-electron chi connectivity index (χ1n) is 6.00. The zero-order valence-corrected chi connectivity index (χ0v) is 11.3. The molecule has 0 saturated carbocycles. The third kappa shape index (κ3) is 2.61. The fourth-order valence-corrected chi connectivity index (χ4v) is 2.13. The monoisotopic (exact) mass is 238 g/mol. The molecule has 1 heterocycles. The third-order valence-corrected chi connectivity index (χ3v) is 3.49. The second kappa shape index (κ2) is 4.30. The van der Waals surface area contributed by atoms with Crippen LogP contribution in [0.25, 0.3) is 0 Å². The van der Waals surface area contributed by atoms with Gasteiger partial charge in [-0.2, -0.15) is 5.26 Å². The molecule has 0 radical (unpaired) electrons. The maximum absolute atomic E-state index is 12.0. The highest BCUT2D eigenvalue weighted by atomic mass is 16.3. The minimum Gasteiger partial charge on any atom is -0.389 e. The van der Waals surface area contributed by atoms with Crippen molar-refractivity contribution in [3.05, 3.63) is 0 Å². The molecular weight excluding hydrogens is 216 g/mol. The van der Waals surface area contributed by atoms with Gasteiger partial charge in [-0.05, 0) is 25.7 Å². The minimum absolute atomic E-state index is 0.131. The number of nitrogens with zero attached hydrogens (tertiary/aromatic N) is 2. The van der Waals surface area contributed by atoms with Gasteiger partial charge in [0.25, 0.3) is 0 Å². The van der Waals surface area contributed by atoms with Gasteiger partial charge in [0.05, 0.1) is 11.6 Å². The van der Waals surface area contributed by atoms with E-state index in [2.05, 4.69) is 20.8 Å². The third-order valence-electron chi connectivity index (χ3n) is 3.49. The Kier molecular flexibility index (Phi) is 3.54. The molecule has 4 nitrogen and oxygen atoms in total. The molecule has 1 rings (SSSR count). The van der Waals surface area contributed by atoms with Crippen molar-refractivity contribution in [2.45, 2.75) is 52.7 Å². The first kappa shape index (κ1) is 14.0. The maximum Gasteiger partial charge on any atom is 0.243 e. The standard InChI is InChI=1S/C13H22N2O2/c1-12(2,3)6-7-15-11(17)9(8-14)10(16)13(15,4)5/h9-10,16H,6-7H2,1-5H3. The SMILES string of the molecule is CC(C)(C)CCN1C(=O)C(C#N)C(O)C1(C)C. The smallest absolute Gasteiger partial charge is 0.243 e. The second-order valence-electron chi connectivity index (χ2n) is 6.51. The van der Waals surface area contributed by atoms with Crippen LogP contribution in [0.5, 0.6) is 0 Å². The number of hydrogen-bond acceptors (Lipinski definition) is 3. The summed E-state index contributed by atoms with van der Waals surface area (Å²) >= 11 is 0. The van der Waals surface area contributed by atoms with Gasteiger partial charge in [-0.1, -0.05) is 20.8 Å². The molecule has 0 aromatic rings. The largest absolute Gasteiger partial charge is 0.389 e. The molecule has 0 aliphatic carbocycles. The van der Waals surface area contributed by atoms with Crippen LogP contribution >= 0.6 is 0 Å². The lowest BCUT2D eigenvalue weighted by atomic mass is 9.90. The van der Waals surface area contributed by atoms with E-state index in [0.717, 1.165) is 6.42 Å². The fourth-order valence-electron chi connectivity index (χ4n) is 2.13. The van der Waals surface area contributed by atoms with Crippen LogP contribution in [0.4, 0.5) is 0 Å². The molecule has 0 spiro atoms. The van der Waals surface area contributed by atoms with Crippen LogP contribution in [0.2, 0.25) is 0 Å². The Labute approximate surface area is 103 Å².